The molecule has 66 heavy (non-hydrogen) atoms. The van der Waals surface area contributed by atoms with Crippen LogP contribution in [0.3, 0.4) is 0 Å². The molecule has 0 aliphatic rings. The van der Waals surface area contributed by atoms with Gasteiger partial charge in [0.05, 0.1) is 0 Å². The summed E-state index contributed by atoms with van der Waals surface area (Å²) < 4.78 is 9.54. The number of aryl methyl sites for hydroxylation is 4. The Labute approximate surface area is 393 Å². The van der Waals surface area contributed by atoms with Gasteiger partial charge in [0.1, 0.15) is 26.2 Å². The molecule has 0 saturated carbocycles. The molecule has 0 fully saturated rings. The molecule has 0 atom stereocenters. The van der Waals surface area contributed by atoms with E-state index in [0.717, 1.165) is 26.2 Å². The maximum absolute atomic E-state index is 2.55. The zero-order valence-corrected chi connectivity index (χ0v) is 40.1. The molecule has 0 saturated heterocycles. The first kappa shape index (κ1) is 44.9. The quantitative estimate of drug-likeness (QED) is 0.0536. The third-order valence-corrected chi connectivity index (χ3v) is 13.9. The lowest BCUT2D eigenvalue weighted by molar-refractivity contribution is -0.696. The summed E-state index contributed by atoms with van der Waals surface area (Å²) in [5, 5.41) is 10.2. The first-order valence-electron chi connectivity index (χ1n) is 25.4. The van der Waals surface area contributed by atoms with Gasteiger partial charge in [0.15, 0.2) is 49.6 Å². The first-order valence-corrected chi connectivity index (χ1v) is 25.4. The average Bonchev–Trinajstić information content (AvgIpc) is 3.35. The van der Waals surface area contributed by atoms with Crippen molar-refractivity contribution in [1.82, 2.24) is 0 Å². The SMILES string of the molecule is CCCCC[n+]1ccc2c(-c3cc(-c4cccc5c[n+](CCCCC)ccc45)c(-c4cccc5c[n+](CCCCC)ccc45)cc3-c3cccc4c[n+](CCCCC)ccc34)cccc2c1. The number of hydrogen-bond donors (Lipinski definition) is 0. The van der Waals surface area contributed by atoms with Gasteiger partial charge in [0, 0.05) is 93.0 Å². The van der Waals surface area contributed by atoms with E-state index in [0.29, 0.717) is 0 Å². The van der Waals surface area contributed by atoms with Gasteiger partial charge in [-0.05, 0) is 107 Å². The Bertz CT molecular complexity index is 2690. The largest absolute Gasteiger partial charge is 0.205 e. The molecule has 0 N–H and O–H groups in total. The van der Waals surface area contributed by atoms with E-state index in [2.05, 4.69) is 205 Å². The number of nitrogens with zero attached hydrogens (tertiary/aromatic N) is 4. The molecule has 4 heteroatoms. The summed E-state index contributed by atoms with van der Waals surface area (Å²) in [6, 6.07) is 42.3. The summed E-state index contributed by atoms with van der Waals surface area (Å²) in [6.45, 7) is 13.3. The third kappa shape index (κ3) is 9.80. The summed E-state index contributed by atoms with van der Waals surface area (Å²) in [5.41, 5.74) is 10.1. The Morgan fingerprint density at radius 3 is 0.742 bits per heavy atom. The molecule has 334 valence electrons. The molecule has 4 aromatic heterocycles. The Kier molecular flexibility index (Phi) is 14.5. The van der Waals surface area contributed by atoms with Crippen molar-refractivity contribution in [2.45, 2.75) is 131 Å². The van der Waals surface area contributed by atoms with Crippen LogP contribution in [-0.4, -0.2) is 0 Å². The molecule has 0 aliphatic heterocycles. The van der Waals surface area contributed by atoms with E-state index in [-0.39, 0.29) is 0 Å². The molecular formula is C62H70N4+4. The number of unbranched alkanes of at least 4 members (excludes halogenated alkanes) is 8. The van der Waals surface area contributed by atoms with Crippen molar-refractivity contribution in [3.8, 4) is 44.5 Å². The summed E-state index contributed by atoms with van der Waals surface area (Å²) in [7, 11) is 0. The van der Waals surface area contributed by atoms with Gasteiger partial charge in [-0.15, -0.1) is 0 Å². The highest BCUT2D eigenvalue weighted by Crippen LogP contribution is 2.47. The molecule has 0 aliphatic carbocycles. The molecule has 4 heterocycles. The summed E-state index contributed by atoms with van der Waals surface area (Å²) in [5.74, 6) is 0. The number of aromatic nitrogens is 4. The van der Waals surface area contributed by atoms with Crippen LogP contribution in [0.4, 0.5) is 0 Å². The maximum Gasteiger partial charge on any atom is 0.176 e. The summed E-state index contributed by atoms with van der Waals surface area (Å²) in [4.78, 5) is 0. The number of pyridine rings is 4. The van der Waals surface area contributed by atoms with Crippen LogP contribution in [-0.2, 0) is 26.2 Å². The van der Waals surface area contributed by atoms with Crippen LogP contribution in [0, 0.1) is 0 Å². The van der Waals surface area contributed by atoms with Gasteiger partial charge in [0.2, 0.25) is 0 Å². The van der Waals surface area contributed by atoms with E-state index in [1.165, 1.54) is 165 Å². The Morgan fingerprint density at radius 2 is 0.515 bits per heavy atom. The van der Waals surface area contributed by atoms with Crippen molar-refractivity contribution in [1.29, 1.82) is 0 Å². The minimum Gasteiger partial charge on any atom is -0.205 e. The predicted octanol–water partition coefficient (Wildman–Crippen LogP) is 14.9. The molecule has 0 radical (unpaired) electrons. The zero-order valence-electron chi connectivity index (χ0n) is 40.1. The number of rotatable bonds is 20. The lowest BCUT2D eigenvalue weighted by Crippen LogP contribution is -2.32. The van der Waals surface area contributed by atoms with Crippen molar-refractivity contribution in [2.75, 3.05) is 0 Å². The molecule has 0 amide bonds. The van der Waals surface area contributed by atoms with Gasteiger partial charge in [-0.25, -0.2) is 18.3 Å². The zero-order chi connectivity index (χ0) is 45.2. The van der Waals surface area contributed by atoms with Gasteiger partial charge < -0.3 is 0 Å². The van der Waals surface area contributed by atoms with Crippen molar-refractivity contribution in [3.05, 3.63) is 159 Å². The maximum atomic E-state index is 2.55. The fourth-order valence-electron chi connectivity index (χ4n) is 10.3. The number of hydrogen-bond acceptors (Lipinski definition) is 0. The monoisotopic (exact) mass is 871 g/mol. The highest BCUT2D eigenvalue weighted by Gasteiger charge is 2.23. The van der Waals surface area contributed by atoms with E-state index in [1.807, 2.05) is 0 Å². The molecule has 5 aromatic carbocycles. The highest BCUT2D eigenvalue weighted by atomic mass is 14.9. The van der Waals surface area contributed by atoms with Crippen LogP contribution in [0.1, 0.15) is 105 Å². The lowest BCUT2D eigenvalue weighted by atomic mass is 9.82. The minimum absolute atomic E-state index is 1.04. The van der Waals surface area contributed by atoms with E-state index in [9.17, 15) is 0 Å². The van der Waals surface area contributed by atoms with Crippen LogP contribution in [0.15, 0.2) is 159 Å². The molecule has 0 bridgehead atoms. The van der Waals surface area contributed by atoms with Gasteiger partial charge >= 0.3 is 0 Å². The number of fused-ring (bicyclic) bond motifs is 4. The lowest BCUT2D eigenvalue weighted by Gasteiger charge is -2.21. The standard InChI is InChI=1S/C62H70N4/c1-5-9-13-33-63-37-29-51-47(43-63)21-17-25-55(51)59-41-61(57-27-19-23-49-45-65(35-15-11-7-3)39-31-53(49)57)62(58-28-20-24-50-46-66(36-16-12-8-4)40-32-54(50)58)42-60(59)56-26-18-22-48-44-64(34-14-10-6-2)38-30-52(48)56/h17-32,37-46H,5-16,33-36H2,1-4H3/q+4. The van der Waals surface area contributed by atoms with Crippen molar-refractivity contribution in [2.24, 2.45) is 0 Å². The second kappa shape index (κ2) is 21.4. The average molecular weight is 871 g/mol. The van der Waals surface area contributed by atoms with E-state index >= 15 is 0 Å². The first-order chi connectivity index (χ1) is 32.6. The third-order valence-electron chi connectivity index (χ3n) is 13.9. The van der Waals surface area contributed by atoms with Gasteiger partial charge in [-0.1, -0.05) is 102 Å². The predicted molar refractivity (Wildman–Crippen MR) is 277 cm³/mol. The Hall–Kier alpha value is -6.26. The van der Waals surface area contributed by atoms with E-state index < -0.39 is 0 Å². The molecule has 4 nitrogen and oxygen atoms in total. The summed E-state index contributed by atoms with van der Waals surface area (Å²) >= 11 is 0. The molecule has 9 rings (SSSR count). The van der Waals surface area contributed by atoms with Gasteiger partial charge in [-0.2, -0.15) is 0 Å². The minimum atomic E-state index is 1.04. The fourth-order valence-corrected chi connectivity index (χ4v) is 10.3. The van der Waals surface area contributed by atoms with Crippen molar-refractivity contribution >= 4 is 43.1 Å². The van der Waals surface area contributed by atoms with Crippen LogP contribution in [0.5, 0.6) is 0 Å². The second-order valence-electron chi connectivity index (χ2n) is 18.7. The molecule has 0 spiro atoms. The van der Waals surface area contributed by atoms with Crippen LogP contribution in [0.2, 0.25) is 0 Å². The van der Waals surface area contributed by atoms with E-state index in [4.69, 9.17) is 0 Å². The van der Waals surface area contributed by atoms with Crippen molar-refractivity contribution in [3.63, 3.8) is 0 Å². The Morgan fingerprint density at radius 1 is 0.273 bits per heavy atom. The normalized spacial score (nSPS) is 11.7. The smallest absolute Gasteiger partial charge is 0.176 e. The molecule has 0 unspecified atom stereocenters. The fraction of sp³-hybridized carbons (Fsp3) is 0.323. The number of benzene rings is 5. The topological polar surface area (TPSA) is 15.5 Å². The summed E-state index contributed by atoms with van der Waals surface area (Å²) in [6.07, 6.45) is 33.3. The van der Waals surface area contributed by atoms with Crippen LogP contribution in [0.25, 0.3) is 87.6 Å². The van der Waals surface area contributed by atoms with E-state index in [1.54, 1.807) is 0 Å². The van der Waals surface area contributed by atoms with Gasteiger partial charge in [0.25, 0.3) is 0 Å². The Balaban J connectivity index is 1.32. The second-order valence-corrected chi connectivity index (χ2v) is 18.7. The molecular weight excluding hydrogens is 801 g/mol. The van der Waals surface area contributed by atoms with Crippen molar-refractivity contribution < 1.29 is 18.3 Å². The van der Waals surface area contributed by atoms with Crippen LogP contribution < -0.4 is 18.3 Å². The highest BCUT2D eigenvalue weighted by molar-refractivity contribution is 6.11. The van der Waals surface area contributed by atoms with Gasteiger partial charge in [-0.3, -0.25) is 0 Å². The molecule has 9 aromatic rings. The van der Waals surface area contributed by atoms with Crippen LogP contribution >= 0.6 is 0 Å².